The molecule has 0 aliphatic heterocycles. The number of ether oxygens (including phenoxy) is 1. The average molecular weight is 501 g/mol. The van der Waals surface area contributed by atoms with Gasteiger partial charge >= 0.3 is 5.97 Å². The van der Waals surface area contributed by atoms with Gasteiger partial charge in [0.25, 0.3) is 5.91 Å². The van der Waals surface area contributed by atoms with Crippen molar-refractivity contribution in [1.29, 1.82) is 0 Å². The first-order chi connectivity index (χ1) is 17.0. The molecular weight excluding hydrogens is 483 g/mol. The van der Waals surface area contributed by atoms with E-state index in [0.717, 1.165) is 10.8 Å². The number of nitrogens with zero attached hydrogens (tertiary/aromatic N) is 1. The number of pyridine rings is 1. The summed E-state index contributed by atoms with van der Waals surface area (Å²) >= 11 is 12.4. The molecule has 0 unspecified atom stereocenters. The van der Waals surface area contributed by atoms with E-state index in [2.05, 4.69) is 10.3 Å². The molecule has 1 N–H and O–H groups in total. The van der Waals surface area contributed by atoms with Crippen LogP contribution in [0.25, 0.3) is 32.9 Å². The van der Waals surface area contributed by atoms with Crippen LogP contribution in [0.4, 0.5) is 5.69 Å². The Hall–Kier alpha value is -3.93. The van der Waals surface area contributed by atoms with Crippen molar-refractivity contribution in [3.63, 3.8) is 0 Å². The lowest BCUT2D eigenvalue weighted by molar-refractivity contribution is -0.119. The van der Waals surface area contributed by atoms with E-state index in [1.165, 1.54) is 0 Å². The topological polar surface area (TPSA) is 68.3 Å². The SMILES string of the molecule is O=C(COC(=O)c1cc(-c2ccc(Cl)cc2Cl)nc2ccccc12)Nc1cccc2ccccc12. The predicted octanol–water partition coefficient (Wildman–Crippen LogP) is 7.16. The highest BCUT2D eigenvalue weighted by Gasteiger charge is 2.18. The summed E-state index contributed by atoms with van der Waals surface area (Å²) in [5.74, 6) is -1.07. The third-order valence-corrected chi connectivity index (χ3v) is 6.09. The molecule has 1 heterocycles. The fourth-order valence-electron chi connectivity index (χ4n) is 3.91. The molecule has 1 amide bonds. The summed E-state index contributed by atoms with van der Waals surface area (Å²) in [7, 11) is 0. The lowest BCUT2D eigenvalue weighted by atomic mass is 10.0. The Bertz CT molecular complexity index is 1600. The first-order valence-electron chi connectivity index (χ1n) is 10.8. The molecule has 0 aliphatic carbocycles. The molecule has 0 saturated carbocycles. The number of para-hydroxylation sites is 1. The van der Waals surface area contributed by atoms with Gasteiger partial charge in [-0.1, -0.05) is 77.8 Å². The second kappa shape index (κ2) is 9.74. The van der Waals surface area contributed by atoms with Crippen LogP contribution >= 0.6 is 23.2 Å². The van der Waals surface area contributed by atoms with Crippen molar-refractivity contribution in [3.8, 4) is 11.3 Å². The molecule has 5 nitrogen and oxygen atoms in total. The molecule has 0 radical (unpaired) electrons. The number of hydrogen-bond acceptors (Lipinski definition) is 4. The molecule has 0 spiro atoms. The van der Waals surface area contributed by atoms with E-state index < -0.39 is 18.5 Å². The third-order valence-electron chi connectivity index (χ3n) is 5.54. The van der Waals surface area contributed by atoms with Crippen molar-refractivity contribution in [2.45, 2.75) is 0 Å². The number of hydrogen-bond donors (Lipinski definition) is 1. The second-order valence-electron chi connectivity index (χ2n) is 7.85. The lowest BCUT2D eigenvalue weighted by Gasteiger charge is -2.12. The van der Waals surface area contributed by atoms with Crippen LogP contribution in [0.5, 0.6) is 0 Å². The van der Waals surface area contributed by atoms with Crippen LogP contribution < -0.4 is 5.32 Å². The van der Waals surface area contributed by atoms with Crippen LogP contribution in [0.15, 0.2) is 91.0 Å². The van der Waals surface area contributed by atoms with Gasteiger partial charge in [-0.05, 0) is 41.8 Å². The van der Waals surface area contributed by atoms with Crippen LogP contribution in [0.1, 0.15) is 10.4 Å². The normalized spacial score (nSPS) is 10.9. The van der Waals surface area contributed by atoms with Gasteiger partial charge in [-0.3, -0.25) is 4.79 Å². The van der Waals surface area contributed by atoms with Crippen molar-refractivity contribution < 1.29 is 14.3 Å². The summed E-state index contributed by atoms with van der Waals surface area (Å²) in [6.45, 7) is -0.435. The molecule has 0 atom stereocenters. The Labute approximate surface area is 211 Å². The fraction of sp³-hybridized carbons (Fsp3) is 0.0357. The van der Waals surface area contributed by atoms with Crippen molar-refractivity contribution >= 4 is 62.4 Å². The zero-order valence-corrected chi connectivity index (χ0v) is 19.8. The van der Waals surface area contributed by atoms with Crippen molar-refractivity contribution in [2.24, 2.45) is 0 Å². The zero-order chi connectivity index (χ0) is 24.4. The van der Waals surface area contributed by atoms with Gasteiger partial charge in [-0.2, -0.15) is 0 Å². The molecule has 4 aromatic carbocycles. The van der Waals surface area contributed by atoms with Crippen LogP contribution in [0.2, 0.25) is 10.0 Å². The number of fused-ring (bicyclic) bond motifs is 2. The maximum absolute atomic E-state index is 13.1. The molecular formula is C28H18Cl2N2O3. The molecule has 172 valence electrons. The zero-order valence-electron chi connectivity index (χ0n) is 18.3. The van der Waals surface area contributed by atoms with Crippen molar-refractivity contribution in [2.75, 3.05) is 11.9 Å². The summed E-state index contributed by atoms with van der Waals surface area (Å²) in [4.78, 5) is 30.3. The van der Waals surface area contributed by atoms with E-state index in [4.69, 9.17) is 27.9 Å². The number of aromatic nitrogens is 1. The summed E-state index contributed by atoms with van der Waals surface area (Å²) in [6.07, 6.45) is 0. The van der Waals surface area contributed by atoms with E-state index in [1.54, 1.807) is 42.5 Å². The average Bonchev–Trinajstić information content (AvgIpc) is 2.87. The summed E-state index contributed by atoms with van der Waals surface area (Å²) in [6, 6.07) is 27.2. The maximum Gasteiger partial charge on any atom is 0.339 e. The number of anilines is 1. The third kappa shape index (κ3) is 4.83. The number of halogens is 2. The fourth-order valence-corrected chi connectivity index (χ4v) is 4.41. The van der Waals surface area contributed by atoms with Gasteiger partial charge in [0, 0.05) is 27.0 Å². The molecule has 7 heteroatoms. The van der Waals surface area contributed by atoms with E-state index in [0.29, 0.717) is 37.9 Å². The summed E-state index contributed by atoms with van der Waals surface area (Å²) < 4.78 is 5.39. The van der Waals surface area contributed by atoms with Gasteiger partial charge in [-0.15, -0.1) is 0 Å². The van der Waals surface area contributed by atoms with Gasteiger partial charge in [0.05, 0.1) is 21.8 Å². The number of amides is 1. The predicted molar refractivity (Wildman–Crippen MR) is 140 cm³/mol. The number of rotatable bonds is 5. The Morgan fingerprint density at radius 3 is 2.40 bits per heavy atom. The largest absolute Gasteiger partial charge is 0.452 e. The quantitative estimate of drug-likeness (QED) is 0.260. The molecule has 0 bridgehead atoms. The van der Waals surface area contributed by atoms with E-state index in [-0.39, 0.29) is 5.56 Å². The van der Waals surface area contributed by atoms with Gasteiger partial charge < -0.3 is 10.1 Å². The number of benzene rings is 4. The van der Waals surface area contributed by atoms with E-state index in [9.17, 15) is 9.59 Å². The number of nitrogens with one attached hydrogen (secondary N) is 1. The van der Waals surface area contributed by atoms with Gasteiger partial charge in [0.1, 0.15) is 0 Å². The molecule has 5 rings (SSSR count). The van der Waals surface area contributed by atoms with Crippen LogP contribution in [-0.2, 0) is 9.53 Å². The summed E-state index contributed by atoms with van der Waals surface area (Å²) in [5.41, 5.74) is 2.66. The molecule has 35 heavy (non-hydrogen) atoms. The highest BCUT2D eigenvalue weighted by atomic mass is 35.5. The van der Waals surface area contributed by atoms with E-state index in [1.807, 2.05) is 48.5 Å². The van der Waals surface area contributed by atoms with Gasteiger partial charge in [0.15, 0.2) is 6.61 Å². The lowest BCUT2D eigenvalue weighted by Crippen LogP contribution is -2.21. The minimum absolute atomic E-state index is 0.287. The molecule has 0 fully saturated rings. The van der Waals surface area contributed by atoms with Crippen LogP contribution in [0, 0.1) is 0 Å². The second-order valence-corrected chi connectivity index (χ2v) is 8.69. The first-order valence-corrected chi connectivity index (χ1v) is 11.5. The summed E-state index contributed by atoms with van der Waals surface area (Å²) in [5, 5.41) is 6.24. The van der Waals surface area contributed by atoms with Gasteiger partial charge in [-0.25, -0.2) is 9.78 Å². The van der Waals surface area contributed by atoms with E-state index >= 15 is 0 Å². The standard InChI is InChI=1S/C28H18Cl2N2O3/c29-18-12-13-21(23(30)14-18)26-15-22(20-9-3-4-10-25(20)31-26)28(34)35-16-27(33)32-24-11-5-7-17-6-1-2-8-19(17)24/h1-15H,16H2,(H,32,33). The maximum atomic E-state index is 13.1. The first kappa shape index (κ1) is 22.8. The Balaban J connectivity index is 1.40. The van der Waals surface area contributed by atoms with Crippen molar-refractivity contribution in [3.05, 3.63) is 107 Å². The van der Waals surface area contributed by atoms with Crippen LogP contribution in [0.3, 0.4) is 0 Å². The van der Waals surface area contributed by atoms with Crippen molar-refractivity contribution in [1.82, 2.24) is 4.98 Å². The highest BCUT2D eigenvalue weighted by Crippen LogP contribution is 2.32. The number of carbonyl (C=O) groups excluding carboxylic acids is 2. The van der Waals surface area contributed by atoms with Crippen LogP contribution in [-0.4, -0.2) is 23.5 Å². The molecule has 1 aromatic heterocycles. The highest BCUT2D eigenvalue weighted by molar-refractivity contribution is 6.36. The smallest absolute Gasteiger partial charge is 0.339 e. The molecule has 0 aliphatic rings. The molecule has 0 saturated heterocycles. The minimum atomic E-state index is -0.636. The number of carbonyl (C=O) groups is 2. The minimum Gasteiger partial charge on any atom is -0.452 e. The molecule has 5 aromatic rings. The van der Waals surface area contributed by atoms with Gasteiger partial charge in [0.2, 0.25) is 0 Å². The monoisotopic (exact) mass is 500 g/mol. The Morgan fingerprint density at radius 2 is 1.57 bits per heavy atom. The number of esters is 1. The Morgan fingerprint density at radius 1 is 0.829 bits per heavy atom. The Kier molecular flexibility index (Phi) is 6.36.